The van der Waals surface area contributed by atoms with Crippen LogP contribution in [0.1, 0.15) is 10.5 Å². The molecular weight excluding hydrogens is 180 g/mol. The van der Waals surface area contributed by atoms with Gasteiger partial charge in [0, 0.05) is 5.38 Å². The lowest BCUT2D eigenvalue weighted by Gasteiger charge is -1.90. The smallest absolute Gasteiger partial charge is 0.357 e. The Morgan fingerprint density at radius 2 is 2.58 bits per heavy atom. The lowest BCUT2D eigenvalue weighted by Crippen LogP contribution is -2.02. The van der Waals surface area contributed by atoms with Crippen molar-refractivity contribution in [3.8, 4) is 0 Å². The Labute approximate surface area is 72.4 Å². The van der Waals surface area contributed by atoms with E-state index in [0.717, 1.165) is 11.3 Å². The number of hydrogen-bond acceptors (Lipinski definition) is 5. The first kappa shape index (κ1) is 8.66. The monoisotopic (exact) mass is 185 g/mol. The number of nitrogens with one attached hydrogen (secondary N) is 1. The van der Waals surface area contributed by atoms with Crippen LogP contribution in [0, 0.1) is 0 Å². The molecule has 0 saturated carbocycles. The summed E-state index contributed by atoms with van der Waals surface area (Å²) in [5.41, 5.74) is 0.181. The molecule has 0 aliphatic heterocycles. The van der Waals surface area contributed by atoms with E-state index in [0.29, 0.717) is 5.13 Å². The van der Waals surface area contributed by atoms with Crippen molar-refractivity contribution in [2.45, 2.75) is 0 Å². The van der Waals surface area contributed by atoms with Gasteiger partial charge in [0.1, 0.15) is 0 Å². The van der Waals surface area contributed by atoms with Crippen LogP contribution < -0.4 is 5.32 Å². The van der Waals surface area contributed by atoms with Crippen LogP contribution in [0.3, 0.4) is 0 Å². The third-order valence-corrected chi connectivity index (χ3v) is 1.81. The number of rotatable bonds is 3. The summed E-state index contributed by atoms with van der Waals surface area (Å²) in [4.78, 5) is 24.4. The Kier molecular flexibility index (Phi) is 2.76. The predicted octanol–water partition coefficient (Wildman–Crippen LogP) is 0.409. The number of amides is 1. The van der Waals surface area contributed by atoms with E-state index in [-0.39, 0.29) is 5.69 Å². The van der Waals surface area contributed by atoms with Crippen LogP contribution in [-0.4, -0.2) is 24.5 Å². The number of aromatic nitrogens is 1. The van der Waals surface area contributed by atoms with Crippen LogP contribution in [0.25, 0.3) is 0 Å². The Morgan fingerprint density at radius 3 is 3.17 bits per heavy atom. The van der Waals surface area contributed by atoms with Gasteiger partial charge in [-0.3, -0.25) is 10.1 Å². The number of anilines is 1. The third kappa shape index (κ3) is 1.79. The molecule has 0 saturated heterocycles. The average Bonchev–Trinajstić information content (AvgIpc) is 2.52. The second-order valence-electron chi connectivity index (χ2n) is 1.76. The van der Waals surface area contributed by atoms with Crippen molar-refractivity contribution in [3.05, 3.63) is 11.1 Å². The van der Waals surface area contributed by atoms with Gasteiger partial charge >= 0.3 is 12.4 Å². The standard InChI is InChI=1S/C6H5N2O3S/c1-11-5(10)4-2-12-6(8-4)7-3-9/h2H,1H3,(H,7,8,9). The maximum Gasteiger partial charge on any atom is 0.357 e. The summed E-state index contributed by atoms with van der Waals surface area (Å²) in [5, 5.41) is 4.02. The molecule has 0 aromatic carbocycles. The Balaban J connectivity index is 2.76. The zero-order valence-corrected chi connectivity index (χ0v) is 6.97. The first-order valence-corrected chi connectivity index (χ1v) is 3.83. The van der Waals surface area contributed by atoms with Crippen molar-refractivity contribution in [3.63, 3.8) is 0 Å². The highest BCUT2D eigenvalue weighted by Crippen LogP contribution is 2.14. The summed E-state index contributed by atoms with van der Waals surface area (Å²) < 4.78 is 4.41. The molecule has 1 amide bonds. The van der Waals surface area contributed by atoms with Crippen molar-refractivity contribution < 1.29 is 14.3 Å². The minimum Gasteiger partial charge on any atom is -0.464 e. The highest BCUT2D eigenvalue weighted by Gasteiger charge is 2.09. The van der Waals surface area contributed by atoms with E-state index in [4.69, 9.17) is 0 Å². The number of carbonyl (C=O) groups is 1. The molecule has 1 aromatic rings. The van der Waals surface area contributed by atoms with Gasteiger partial charge < -0.3 is 4.74 Å². The van der Waals surface area contributed by atoms with Gasteiger partial charge in [-0.25, -0.2) is 9.78 Å². The van der Waals surface area contributed by atoms with Crippen LogP contribution in [0.2, 0.25) is 0 Å². The summed E-state index contributed by atoms with van der Waals surface area (Å²) >= 11 is 1.13. The van der Waals surface area contributed by atoms with Crippen molar-refractivity contribution in [2.24, 2.45) is 0 Å². The lowest BCUT2D eigenvalue weighted by molar-refractivity contribution is 0.0595. The van der Waals surface area contributed by atoms with Gasteiger partial charge in [-0.1, -0.05) is 0 Å². The summed E-state index contributed by atoms with van der Waals surface area (Å²) in [6.07, 6.45) is 1.45. The normalized spacial score (nSPS) is 9.08. The Hall–Kier alpha value is -1.43. The van der Waals surface area contributed by atoms with Gasteiger partial charge in [-0.2, -0.15) is 0 Å². The van der Waals surface area contributed by atoms with Gasteiger partial charge in [0.15, 0.2) is 10.8 Å². The fraction of sp³-hybridized carbons (Fsp3) is 0.167. The predicted molar refractivity (Wildman–Crippen MR) is 42.8 cm³/mol. The van der Waals surface area contributed by atoms with Gasteiger partial charge in [-0.05, 0) is 0 Å². The summed E-state index contributed by atoms with van der Waals surface area (Å²) in [7, 11) is 1.26. The van der Waals surface area contributed by atoms with Crippen molar-refractivity contribution in [1.82, 2.24) is 4.98 Å². The van der Waals surface area contributed by atoms with Gasteiger partial charge in [0.2, 0.25) is 0 Å². The summed E-state index contributed by atoms with van der Waals surface area (Å²) in [6.45, 7) is 0. The first-order valence-electron chi connectivity index (χ1n) is 2.95. The van der Waals surface area contributed by atoms with Crippen LogP contribution in [-0.2, 0) is 9.53 Å². The fourth-order valence-corrected chi connectivity index (χ4v) is 1.20. The number of esters is 1. The van der Waals surface area contributed by atoms with E-state index in [1.54, 1.807) is 0 Å². The number of hydrogen-bond donors (Lipinski definition) is 1. The van der Waals surface area contributed by atoms with E-state index < -0.39 is 5.97 Å². The highest BCUT2D eigenvalue weighted by atomic mass is 32.1. The number of methoxy groups -OCH3 is 1. The molecule has 0 atom stereocenters. The maximum atomic E-state index is 10.8. The minimum atomic E-state index is -0.523. The zero-order valence-electron chi connectivity index (χ0n) is 6.16. The highest BCUT2D eigenvalue weighted by molar-refractivity contribution is 7.14. The van der Waals surface area contributed by atoms with Crippen LogP contribution in [0.5, 0.6) is 0 Å². The van der Waals surface area contributed by atoms with E-state index >= 15 is 0 Å². The van der Waals surface area contributed by atoms with Crippen LogP contribution >= 0.6 is 11.3 Å². The van der Waals surface area contributed by atoms with Crippen LogP contribution in [0.4, 0.5) is 5.13 Å². The molecule has 0 unspecified atom stereocenters. The molecule has 12 heavy (non-hydrogen) atoms. The van der Waals surface area contributed by atoms with Gasteiger partial charge in [0.05, 0.1) is 7.11 Å². The quantitative estimate of drug-likeness (QED) is 0.547. The molecule has 5 nitrogen and oxygen atoms in total. The molecule has 0 aliphatic rings. The zero-order chi connectivity index (χ0) is 8.97. The molecule has 0 bridgehead atoms. The molecule has 0 aliphatic carbocycles. The van der Waals surface area contributed by atoms with E-state index in [9.17, 15) is 9.59 Å². The first-order chi connectivity index (χ1) is 5.77. The summed E-state index contributed by atoms with van der Waals surface area (Å²) in [6, 6.07) is 0. The average molecular weight is 185 g/mol. The van der Waals surface area contributed by atoms with Crippen LogP contribution in [0.15, 0.2) is 5.38 Å². The topological polar surface area (TPSA) is 68.3 Å². The van der Waals surface area contributed by atoms with Crippen molar-refractivity contribution in [1.29, 1.82) is 0 Å². The molecule has 1 radical (unpaired) electrons. The van der Waals surface area contributed by atoms with Gasteiger partial charge in [-0.15, -0.1) is 11.3 Å². The molecule has 1 aromatic heterocycles. The van der Waals surface area contributed by atoms with Gasteiger partial charge in [0.25, 0.3) is 0 Å². The van der Waals surface area contributed by atoms with E-state index in [1.807, 2.05) is 0 Å². The molecule has 6 heteroatoms. The molecule has 1 heterocycles. The number of nitrogens with zero attached hydrogens (tertiary/aromatic N) is 1. The number of thiazole rings is 1. The van der Waals surface area contributed by atoms with Crippen molar-refractivity contribution >= 4 is 28.8 Å². The second kappa shape index (κ2) is 3.82. The molecule has 0 fully saturated rings. The maximum absolute atomic E-state index is 10.8. The minimum absolute atomic E-state index is 0.181. The largest absolute Gasteiger partial charge is 0.464 e. The lowest BCUT2D eigenvalue weighted by atomic mass is 10.5. The van der Waals surface area contributed by atoms with E-state index in [2.05, 4.69) is 15.0 Å². The van der Waals surface area contributed by atoms with Crippen molar-refractivity contribution in [2.75, 3.05) is 12.4 Å². The van der Waals surface area contributed by atoms with E-state index in [1.165, 1.54) is 18.9 Å². The third-order valence-electron chi connectivity index (χ3n) is 1.06. The fourth-order valence-electron chi connectivity index (χ4n) is 0.573. The Morgan fingerprint density at radius 1 is 1.83 bits per heavy atom. The molecule has 0 spiro atoms. The molecule has 63 valence electrons. The number of carbonyl (C=O) groups excluding carboxylic acids is 2. The second-order valence-corrected chi connectivity index (χ2v) is 2.61. The molecular formula is C6H5N2O3S. The SMILES string of the molecule is COC(=O)c1csc(N[C]=O)n1. The number of ether oxygens (including phenoxy) is 1. The molecule has 1 N–H and O–H groups in total. The Bertz CT molecular complexity index is 297. The summed E-state index contributed by atoms with van der Waals surface area (Å²) in [5.74, 6) is -0.523. The molecule has 1 rings (SSSR count).